The van der Waals surface area contributed by atoms with Gasteiger partial charge in [0.1, 0.15) is 0 Å². The van der Waals surface area contributed by atoms with Gasteiger partial charge in [-0.1, -0.05) is 0 Å². The second-order valence-electron chi connectivity index (χ2n) is 5.00. The van der Waals surface area contributed by atoms with E-state index in [0.29, 0.717) is 19.1 Å². The zero-order valence-corrected chi connectivity index (χ0v) is 12.6. The minimum Gasteiger partial charge on any atom is -0.481 e. The maximum Gasteiger partial charge on any atom is 0.216 e. The SMILES string of the molecule is COc1c(CN=C(N)N2CCOC(C)C2)c(C)nn1C. The molecule has 1 unspecified atom stereocenters. The lowest BCUT2D eigenvalue weighted by Crippen LogP contribution is -2.47. The fraction of sp³-hybridized carbons (Fsp3) is 0.692. The lowest BCUT2D eigenvalue weighted by molar-refractivity contribution is 0.00528. The van der Waals surface area contributed by atoms with Gasteiger partial charge in [-0.05, 0) is 13.8 Å². The number of nitrogens with two attached hydrogens (primary N) is 1. The maximum absolute atomic E-state index is 6.06. The molecule has 1 fully saturated rings. The van der Waals surface area contributed by atoms with Crippen LogP contribution in [0.4, 0.5) is 0 Å². The minimum atomic E-state index is 0.187. The number of aryl methyl sites for hydroxylation is 2. The summed E-state index contributed by atoms with van der Waals surface area (Å²) < 4.78 is 12.6. The first-order valence-electron chi connectivity index (χ1n) is 6.75. The van der Waals surface area contributed by atoms with E-state index in [1.54, 1.807) is 11.8 Å². The molecule has 0 bridgehead atoms. The van der Waals surface area contributed by atoms with Crippen molar-refractivity contribution < 1.29 is 9.47 Å². The number of aromatic nitrogens is 2. The molecule has 1 aromatic rings. The molecule has 20 heavy (non-hydrogen) atoms. The molecule has 0 amide bonds. The Balaban J connectivity index is 2.08. The van der Waals surface area contributed by atoms with E-state index in [9.17, 15) is 0 Å². The predicted molar refractivity (Wildman–Crippen MR) is 76.8 cm³/mol. The first-order valence-corrected chi connectivity index (χ1v) is 6.75. The lowest BCUT2D eigenvalue weighted by atomic mass is 10.2. The van der Waals surface area contributed by atoms with E-state index in [4.69, 9.17) is 15.2 Å². The van der Waals surface area contributed by atoms with Gasteiger partial charge in [0.2, 0.25) is 5.88 Å². The van der Waals surface area contributed by atoms with Gasteiger partial charge in [0, 0.05) is 20.1 Å². The van der Waals surface area contributed by atoms with Crippen LogP contribution >= 0.6 is 0 Å². The number of hydrogen-bond acceptors (Lipinski definition) is 4. The Hall–Kier alpha value is -1.76. The van der Waals surface area contributed by atoms with Gasteiger partial charge in [0.05, 0.1) is 37.6 Å². The molecule has 1 aromatic heterocycles. The molecular formula is C13H23N5O2. The Morgan fingerprint density at radius 2 is 2.35 bits per heavy atom. The van der Waals surface area contributed by atoms with Crippen molar-refractivity contribution in [1.82, 2.24) is 14.7 Å². The van der Waals surface area contributed by atoms with Crippen LogP contribution in [0.15, 0.2) is 4.99 Å². The molecule has 0 aromatic carbocycles. The van der Waals surface area contributed by atoms with Crippen molar-refractivity contribution in [2.45, 2.75) is 26.5 Å². The summed E-state index contributed by atoms with van der Waals surface area (Å²) in [4.78, 5) is 6.51. The van der Waals surface area contributed by atoms with Gasteiger partial charge in [0.25, 0.3) is 0 Å². The molecule has 7 heteroatoms. The van der Waals surface area contributed by atoms with Crippen LogP contribution in [0.3, 0.4) is 0 Å². The van der Waals surface area contributed by atoms with Crippen LogP contribution in [-0.4, -0.2) is 53.6 Å². The summed E-state index contributed by atoms with van der Waals surface area (Å²) in [7, 11) is 3.49. The van der Waals surface area contributed by atoms with Crippen molar-refractivity contribution >= 4 is 5.96 Å². The highest BCUT2D eigenvalue weighted by atomic mass is 16.5. The van der Waals surface area contributed by atoms with Crippen LogP contribution in [0.25, 0.3) is 0 Å². The normalized spacial score (nSPS) is 20.3. The third-order valence-electron chi connectivity index (χ3n) is 3.45. The summed E-state index contributed by atoms with van der Waals surface area (Å²) in [5, 5.41) is 4.33. The molecular weight excluding hydrogens is 258 g/mol. The molecule has 7 nitrogen and oxygen atoms in total. The molecule has 0 saturated carbocycles. The summed E-state index contributed by atoms with van der Waals surface area (Å²) in [6, 6.07) is 0. The van der Waals surface area contributed by atoms with Crippen LogP contribution in [0.2, 0.25) is 0 Å². The third kappa shape index (κ3) is 3.04. The van der Waals surface area contributed by atoms with Crippen LogP contribution in [-0.2, 0) is 18.3 Å². The number of aliphatic imine (C=N–C) groups is 1. The van der Waals surface area contributed by atoms with E-state index >= 15 is 0 Å². The zero-order chi connectivity index (χ0) is 14.7. The summed E-state index contributed by atoms with van der Waals surface area (Å²) in [6.45, 7) is 6.70. The van der Waals surface area contributed by atoms with Gasteiger partial charge in [-0.15, -0.1) is 0 Å². The first kappa shape index (κ1) is 14.6. The van der Waals surface area contributed by atoms with E-state index in [-0.39, 0.29) is 6.10 Å². The Bertz CT molecular complexity index is 497. The second-order valence-corrected chi connectivity index (χ2v) is 5.00. The Morgan fingerprint density at radius 1 is 1.60 bits per heavy atom. The Labute approximate surface area is 119 Å². The number of methoxy groups -OCH3 is 1. The van der Waals surface area contributed by atoms with Crippen molar-refractivity contribution in [3.05, 3.63) is 11.3 Å². The number of guanidine groups is 1. The van der Waals surface area contributed by atoms with Gasteiger partial charge in [-0.25, -0.2) is 9.67 Å². The van der Waals surface area contributed by atoms with Crippen LogP contribution in [0.5, 0.6) is 5.88 Å². The van der Waals surface area contributed by atoms with E-state index in [2.05, 4.69) is 10.1 Å². The largest absolute Gasteiger partial charge is 0.481 e. The molecule has 0 radical (unpaired) electrons. The Kier molecular flexibility index (Phi) is 4.49. The minimum absolute atomic E-state index is 0.187. The van der Waals surface area contributed by atoms with E-state index in [1.807, 2.05) is 25.8 Å². The van der Waals surface area contributed by atoms with Crippen LogP contribution in [0.1, 0.15) is 18.2 Å². The molecule has 0 spiro atoms. The molecule has 1 saturated heterocycles. The highest BCUT2D eigenvalue weighted by Gasteiger charge is 2.19. The van der Waals surface area contributed by atoms with Crippen LogP contribution in [0, 0.1) is 6.92 Å². The fourth-order valence-electron chi connectivity index (χ4n) is 2.40. The summed E-state index contributed by atoms with van der Waals surface area (Å²) >= 11 is 0. The van der Waals surface area contributed by atoms with Crippen molar-refractivity contribution in [2.75, 3.05) is 26.8 Å². The highest BCUT2D eigenvalue weighted by molar-refractivity contribution is 5.78. The van der Waals surface area contributed by atoms with Crippen LogP contribution < -0.4 is 10.5 Å². The topological polar surface area (TPSA) is 77.9 Å². The van der Waals surface area contributed by atoms with E-state index in [0.717, 1.165) is 30.2 Å². The molecule has 1 atom stereocenters. The molecule has 1 aliphatic rings. The zero-order valence-electron chi connectivity index (χ0n) is 12.6. The van der Waals surface area contributed by atoms with Gasteiger partial charge in [-0.3, -0.25) is 0 Å². The fourth-order valence-corrected chi connectivity index (χ4v) is 2.40. The average Bonchev–Trinajstić information content (AvgIpc) is 2.69. The van der Waals surface area contributed by atoms with Crippen molar-refractivity contribution in [2.24, 2.45) is 17.8 Å². The third-order valence-corrected chi connectivity index (χ3v) is 3.45. The number of morpholine rings is 1. The maximum atomic E-state index is 6.06. The average molecular weight is 281 g/mol. The second kappa shape index (κ2) is 6.13. The molecule has 2 rings (SSSR count). The van der Waals surface area contributed by atoms with Crippen molar-refractivity contribution in [1.29, 1.82) is 0 Å². The van der Waals surface area contributed by atoms with Gasteiger partial charge < -0.3 is 20.1 Å². The van der Waals surface area contributed by atoms with E-state index < -0.39 is 0 Å². The monoisotopic (exact) mass is 281 g/mol. The summed E-state index contributed by atoms with van der Waals surface area (Å²) in [5.41, 5.74) is 7.94. The van der Waals surface area contributed by atoms with Gasteiger partial charge >= 0.3 is 0 Å². The van der Waals surface area contributed by atoms with Crippen molar-refractivity contribution in [3.63, 3.8) is 0 Å². The number of ether oxygens (including phenoxy) is 2. The smallest absolute Gasteiger partial charge is 0.216 e. The van der Waals surface area contributed by atoms with Gasteiger partial charge in [-0.2, -0.15) is 5.10 Å². The standard InChI is InChI=1S/C13H23N5O2/c1-9-8-18(5-6-20-9)13(14)15-7-11-10(2)16-17(3)12(11)19-4/h9H,5-8H2,1-4H3,(H2,14,15). The first-order chi connectivity index (χ1) is 9.52. The van der Waals surface area contributed by atoms with E-state index in [1.165, 1.54) is 0 Å². The summed E-state index contributed by atoms with van der Waals surface area (Å²) in [6.07, 6.45) is 0.187. The Morgan fingerprint density at radius 3 is 3.00 bits per heavy atom. The number of nitrogens with zero attached hydrogens (tertiary/aromatic N) is 4. The molecule has 0 aliphatic carbocycles. The number of hydrogen-bond donors (Lipinski definition) is 1. The quantitative estimate of drug-likeness (QED) is 0.636. The molecule has 1 aliphatic heterocycles. The highest BCUT2D eigenvalue weighted by Crippen LogP contribution is 2.21. The molecule has 2 N–H and O–H groups in total. The predicted octanol–water partition coefficient (Wildman–Crippen LogP) is 0.273. The lowest BCUT2D eigenvalue weighted by Gasteiger charge is -2.31. The van der Waals surface area contributed by atoms with Gasteiger partial charge in [0.15, 0.2) is 5.96 Å². The molecule has 2 heterocycles. The summed E-state index contributed by atoms with van der Waals surface area (Å²) in [5.74, 6) is 1.28. The number of rotatable bonds is 3. The molecule has 112 valence electrons. The van der Waals surface area contributed by atoms with Crippen molar-refractivity contribution in [3.8, 4) is 5.88 Å².